The smallest absolute Gasteiger partial charge is 0.152 e. The van der Waals surface area contributed by atoms with Crippen LogP contribution in [0.25, 0.3) is 0 Å². The zero-order chi connectivity index (χ0) is 14.1. The maximum atomic E-state index is 11.9. The monoisotopic (exact) mass is 291 g/mol. The molecule has 0 aromatic rings. The van der Waals surface area contributed by atoms with E-state index in [1.54, 1.807) is 0 Å². The van der Waals surface area contributed by atoms with Gasteiger partial charge in [-0.25, -0.2) is 8.42 Å². The fourth-order valence-electron chi connectivity index (χ4n) is 2.41. The van der Waals surface area contributed by atoms with Gasteiger partial charge >= 0.3 is 0 Å². The van der Waals surface area contributed by atoms with Gasteiger partial charge in [-0.3, -0.25) is 0 Å². The molecule has 0 amide bonds. The number of rotatable bonds is 10. The lowest BCUT2D eigenvalue weighted by molar-refractivity contribution is 0.127. The van der Waals surface area contributed by atoms with Crippen molar-refractivity contribution in [3.05, 3.63) is 0 Å². The molecular weight excluding hydrogens is 262 g/mol. The lowest BCUT2D eigenvalue weighted by atomic mass is 10.1. The maximum absolute atomic E-state index is 11.9. The van der Waals surface area contributed by atoms with Crippen LogP contribution in [0.1, 0.15) is 52.4 Å². The summed E-state index contributed by atoms with van der Waals surface area (Å²) < 4.78 is 29.2. The normalized spacial score (nSPS) is 21.7. The van der Waals surface area contributed by atoms with E-state index in [1.807, 2.05) is 0 Å². The summed E-state index contributed by atoms with van der Waals surface area (Å²) >= 11 is 0. The van der Waals surface area contributed by atoms with Gasteiger partial charge in [0.2, 0.25) is 0 Å². The minimum absolute atomic E-state index is 0.0462. The summed E-state index contributed by atoms with van der Waals surface area (Å²) in [6.45, 7) is 6.08. The summed E-state index contributed by atoms with van der Waals surface area (Å²) in [6, 6.07) is 0.487. The summed E-state index contributed by atoms with van der Waals surface area (Å²) in [5.74, 6) is 0.532. The van der Waals surface area contributed by atoms with Gasteiger partial charge < -0.3 is 10.1 Å². The molecule has 1 saturated heterocycles. The van der Waals surface area contributed by atoms with E-state index in [4.69, 9.17) is 4.74 Å². The molecule has 0 bridgehead atoms. The first-order chi connectivity index (χ1) is 9.03. The highest BCUT2D eigenvalue weighted by molar-refractivity contribution is 7.91. The van der Waals surface area contributed by atoms with E-state index in [-0.39, 0.29) is 11.9 Å². The SMILES string of the molecule is CCCNC(C)CCCCS(=O)(=O)CC1CCCO1. The topological polar surface area (TPSA) is 55.4 Å². The second kappa shape index (κ2) is 8.93. The number of ether oxygens (including phenoxy) is 1. The predicted octanol–water partition coefficient (Wildman–Crippen LogP) is 2.14. The largest absolute Gasteiger partial charge is 0.377 e. The highest BCUT2D eigenvalue weighted by Crippen LogP contribution is 2.15. The third-order valence-electron chi connectivity index (χ3n) is 3.55. The first-order valence-corrected chi connectivity index (χ1v) is 9.41. The number of hydrogen-bond donors (Lipinski definition) is 1. The fraction of sp³-hybridized carbons (Fsp3) is 1.00. The van der Waals surface area contributed by atoms with Crippen LogP contribution >= 0.6 is 0 Å². The predicted molar refractivity (Wildman–Crippen MR) is 79.2 cm³/mol. The lowest BCUT2D eigenvalue weighted by Crippen LogP contribution is -2.27. The number of sulfone groups is 1. The molecule has 19 heavy (non-hydrogen) atoms. The van der Waals surface area contributed by atoms with Crippen molar-refractivity contribution in [3.63, 3.8) is 0 Å². The molecule has 5 heteroatoms. The standard InChI is InChI=1S/C14H29NO3S/c1-3-9-15-13(2)7-4-5-11-19(16,17)12-14-8-6-10-18-14/h13-15H,3-12H2,1-2H3. The Morgan fingerprint density at radius 1 is 1.37 bits per heavy atom. The van der Waals surface area contributed by atoms with Gasteiger partial charge in [0.25, 0.3) is 0 Å². The second-order valence-corrected chi connectivity index (χ2v) is 7.83. The Morgan fingerprint density at radius 3 is 2.79 bits per heavy atom. The molecule has 1 N–H and O–H groups in total. The number of unbranched alkanes of at least 4 members (excludes halogenated alkanes) is 1. The molecule has 4 nitrogen and oxygen atoms in total. The number of hydrogen-bond acceptors (Lipinski definition) is 4. The summed E-state index contributed by atoms with van der Waals surface area (Å²) in [7, 11) is -2.93. The van der Waals surface area contributed by atoms with E-state index in [1.165, 1.54) is 0 Å². The van der Waals surface area contributed by atoms with Crippen molar-refractivity contribution in [3.8, 4) is 0 Å². The van der Waals surface area contributed by atoms with Crippen molar-refractivity contribution in [1.29, 1.82) is 0 Å². The minimum Gasteiger partial charge on any atom is -0.377 e. The second-order valence-electron chi connectivity index (χ2n) is 5.60. The quantitative estimate of drug-likeness (QED) is 0.627. The van der Waals surface area contributed by atoms with Gasteiger partial charge in [0, 0.05) is 12.6 Å². The molecule has 0 radical (unpaired) electrons. The van der Waals surface area contributed by atoms with Gasteiger partial charge in [0.15, 0.2) is 9.84 Å². The molecule has 1 rings (SSSR count). The van der Waals surface area contributed by atoms with Gasteiger partial charge in [0.1, 0.15) is 0 Å². The molecule has 1 aliphatic heterocycles. The molecular formula is C14H29NO3S. The van der Waals surface area contributed by atoms with E-state index in [0.717, 1.165) is 51.7 Å². The van der Waals surface area contributed by atoms with E-state index < -0.39 is 9.84 Å². The Morgan fingerprint density at radius 2 is 2.16 bits per heavy atom. The van der Waals surface area contributed by atoms with Crippen LogP contribution in [0.15, 0.2) is 0 Å². The molecule has 0 aromatic carbocycles. The molecule has 0 aromatic heterocycles. The van der Waals surface area contributed by atoms with Gasteiger partial charge in [-0.15, -0.1) is 0 Å². The first kappa shape index (κ1) is 16.9. The molecule has 114 valence electrons. The lowest BCUT2D eigenvalue weighted by Gasteiger charge is -2.13. The minimum atomic E-state index is -2.93. The zero-order valence-electron chi connectivity index (χ0n) is 12.4. The highest BCUT2D eigenvalue weighted by atomic mass is 32.2. The van der Waals surface area contributed by atoms with Crippen molar-refractivity contribution < 1.29 is 13.2 Å². The van der Waals surface area contributed by atoms with Crippen molar-refractivity contribution in [2.45, 2.75) is 64.5 Å². The van der Waals surface area contributed by atoms with Crippen LogP contribution in [0, 0.1) is 0 Å². The zero-order valence-corrected chi connectivity index (χ0v) is 13.2. The third-order valence-corrected chi connectivity index (χ3v) is 5.34. The third kappa shape index (κ3) is 7.90. The molecule has 2 atom stereocenters. The molecule has 0 saturated carbocycles. The van der Waals surface area contributed by atoms with Crippen LogP contribution in [0.5, 0.6) is 0 Å². The van der Waals surface area contributed by atoms with Crippen LogP contribution in [0.2, 0.25) is 0 Å². The Hall–Kier alpha value is -0.130. The Labute approximate surface area is 118 Å². The summed E-state index contributed by atoms with van der Waals surface area (Å²) in [5.41, 5.74) is 0. The van der Waals surface area contributed by atoms with Gasteiger partial charge in [0.05, 0.1) is 17.6 Å². The van der Waals surface area contributed by atoms with Crippen molar-refractivity contribution in [1.82, 2.24) is 5.32 Å². The van der Waals surface area contributed by atoms with Gasteiger partial charge in [-0.1, -0.05) is 13.3 Å². The fourth-order valence-corrected chi connectivity index (χ4v) is 4.05. The first-order valence-electron chi connectivity index (χ1n) is 7.59. The van der Waals surface area contributed by atoms with Crippen molar-refractivity contribution in [2.24, 2.45) is 0 Å². The van der Waals surface area contributed by atoms with Crippen LogP contribution in [0.3, 0.4) is 0 Å². The van der Waals surface area contributed by atoms with Gasteiger partial charge in [-0.2, -0.15) is 0 Å². The van der Waals surface area contributed by atoms with E-state index in [2.05, 4.69) is 19.2 Å². The molecule has 0 spiro atoms. The molecule has 1 aliphatic rings. The molecule has 0 aliphatic carbocycles. The van der Waals surface area contributed by atoms with Crippen LogP contribution in [-0.2, 0) is 14.6 Å². The molecule has 1 fully saturated rings. The van der Waals surface area contributed by atoms with Crippen LogP contribution in [-0.4, -0.2) is 45.2 Å². The van der Waals surface area contributed by atoms with E-state index in [0.29, 0.717) is 11.8 Å². The van der Waals surface area contributed by atoms with Crippen LogP contribution in [0.4, 0.5) is 0 Å². The Kier molecular flexibility index (Phi) is 7.95. The van der Waals surface area contributed by atoms with Gasteiger partial charge in [-0.05, 0) is 45.6 Å². The van der Waals surface area contributed by atoms with E-state index in [9.17, 15) is 8.42 Å². The van der Waals surface area contributed by atoms with Crippen molar-refractivity contribution in [2.75, 3.05) is 24.7 Å². The Bertz CT molecular complexity index is 324. The number of nitrogens with one attached hydrogen (secondary N) is 1. The Balaban J connectivity index is 2.10. The van der Waals surface area contributed by atoms with Crippen LogP contribution < -0.4 is 5.32 Å². The summed E-state index contributed by atoms with van der Waals surface area (Å²) in [6.07, 6.45) is 5.79. The average molecular weight is 291 g/mol. The molecule has 2 unspecified atom stereocenters. The maximum Gasteiger partial charge on any atom is 0.152 e. The molecule has 1 heterocycles. The average Bonchev–Trinajstić information content (AvgIpc) is 2.84. The summed E-state index contributed by atoms with van der Waals surface area (Å²) in [4.78, 5) is 0. The van der Waals surface area contributed by atoms with E-state index >= 15 is 0 Å². The summed E-state index contributed by atoms with van der Waals surface area (Å²) in [5, 5.41) is 3.42. The van der Waals surface area contributed by atoms with Crippen molar-refractivity contribution >= 4 is 9.84 Å². The highest BCUT2D eigenvalue weighted by Gasteiger charge is 2.22.